The largest absolute Gasteiger partial charge is 0.291 e. The summed E-state index contributed by atoms with van der Waals surface area (Å²) in [5.74, 6) is 0. The number of benzene rings is 1. The van der Waals surface area contributed by atoms with Crippen LogP contribution in [0.25, 0.3) is 0 Å². The van der Waals surface area contributed by atoms with Gasteiger partial charge in [-0.05, 0) is 81.9 Å². The molecular formula is C32H32N6. The zero-order valence-electron chi connectivity index (χ0n) is 21.5. The van der Waals surface area contributed by atoms with Gasteiger partial charge in [0.2, 0.25) is 0 Å². The van der Waals surface area contributed by atoms with Crippen LogP contribution >= 0.6 is 0 Å². The number of rotatable bonds is 12. The van der Waals surface area contributed by atoms with E-state index >= 15 is 0 Å². The molecule has 5 aromatic rings. The highest BCUT2D eigenvalue weighted by atomic mass is 15.1. The maximum Gasteiger partial charge on any atom is 0.0271 e. The minimum atomic E-state index is 0.859. The molecule has 0 saturated heterocycles. The molecule has 0 saturated carbocycles. The van der Waals surface area contributed by atoms with Crippen LogP contribution in [0.2, 0.25) is 0 Å². The van der Waals surface area contributed by atoms with Crippen LogP contribution in [0.1, 0.15) is 33.4 Å². The fourth-order valence-corrected chi connectivity index (χ4v) is 4.59. The van der Waals surface area contributed by atoms with Gasteiger partial charge in [-0.3, -0.25) is 29.7 Å². The van der Waals surface area contributed by atoms with Crippen LogP contribution in [0.3, 0.4) is 0 Å². The van der Waals surface area contributed by atoms with E-state index in [2.05, 4.69) is 103 Å². The first-order valence-electron chi connectivity index (χ1n) is 12.9. The number of aromatic nitrogens is 4. The van der Waals surface area contributed by atoms with Gasteiger partial charge in [-0.15, -0.1) is 0 Å². The number of pyridine rings is 4. The van der Waals surface area contributed by atoms with Gasteiger partial charge < -0.3 is 0 Å². The van der Waals surface area contributed by atoms with E-state index in [0.717, 1.165) is 39.3 Å². The zero-order valence-corrected chi connectivity index (χ0v) is 21.5. The Balaban J connectivity index is 1.28. The lowest BCUT2D eigenvalue weighted by atomic mass is 10.1. The second-order valence-electron chi connectivity index (χ2n) is 9.53. The Morgan fingerprint density at radius 2 is 0.474 bits per heavy atom. The smallest absolute Gasteiger partial charge is 0.0271 e. The van der Waals surface area contributed by atoms with Gasteiger partial charge in [0.25, 0.3) is 0 Å². The zero-order chi connectivity index (χ0) is 25.8. The lowest BCUT2D eigenvalue weighted by Gasteiger charge is -2.24. The second-order valence-corrected chi connectivity index (χ2v) is 9.53. The van der Waals surface area contributed by atoms with E-state index in [1.165, 1.54) is 33.4 Å². The molecule has 0 unspecified atom stereocenters. The Labute approximate surface area is 224 Å². The van der Waals surface area contributed by atoms with Crippen LogP contribution in [-0.2, 0) is 39.3 Å². The van der Waals surface area contributed by atoms with Gasteiger partial charge in [0.15, 0.2) is 0 Å². The van der Waals surface area contributed by atoms with Crippen LogP contribution in [0.5, 0.6) is 0 Å². The summed E-state index contributed by atoms with van der Waals surface area (Å²) >= 11 is 0. The average molecular weight is 501 g/mol. The average Bonchev–Trinajstić information content (AvgIpc) is 2.96. The van der Waals surface area contributed by atoms with Crippen molar-refractivity contribution in [1.82, 2.24) is 29.7 Å². The van der Waals surface area contributed by atoms with Crippen LogP contribution in [0.4, 0.5) is 0 Å². The van der Waals surface area contributed by atoms with Crippen molar-refractivity contribution < 1.29 is 0 Å². The summed E-state index contributed by atoms with van der Waals surface area (Å²) in [5.41, 5.74) is 7.63. The van der Waals surface area contributed by atoms with Crippen molar-refractivity contribution >= 4 is 0 Å². The predicted molar refractivity (Wildman–Crippen MR) is 149 cm³/mol. The minimum absolute atomic E-state index is 0.859. The third kappa shape index (κ3) is 7.87. The summed E-state index contributed by atoms with van der Waals surface area (Å²) < 4.78 is 0. The Morgan fingerprint density at radius 3 is 0.684 bits per heavy atom. The fraction of sp³-hybridized carbons (Fsp3) is 0.188. The third-order valence-electron chi connectivity index (χ3n) is 6.46. The van der Waals surface area contributed by atoms with Crippen LogP contribution < -0.4 is 0 Å². The number of nitrogens with zero attached hydrogens (tertiary/aromatic N) is 6. The molecule has 5 rings (SSSR count). The van der Waals surface area contributed by atoms with Crippen molar-refractivity contribution in [3.63, 3.8) is 0 Å². The molecule has 0 N–H and O–H groups in total. The Morgan fingerprint density at radius 1 is 0.289 bits per heavy atom. The Bertz CT molecular complexity index is 1160. The summed E-state index contributed by atoms with van der Waals surface area (Å²) in [5, 5.41) is 0. The monoisotopic (exact) mass is 500 g/mol. The molecule has 38 heavy (non-hydrogen) atoms. The molecule has 4 heterocycles. The molecule has 1 aromatic carbocycles. The maximum absolute atomic E-state index is 4.17. The standard InChI is InChI=1S/C32H32N6/c1-2-28(22-38(25-31-9-17-35-18-10-31)26-32-11-19-36-20-12-32)4-3-27(1)21-37(23-29-5-13-33-14-6-29)24-30-7-15-34-16-8-30/h1-20H,21-26H2. The molecule has 6 heteroatoms. The summed E-state index contributed by atoms with van der Waals surface area (Å²) in [6.07, 6.45) is 14.9. The van der Waals surface area contributed by atoms with Crippen molar-refractivity contribution in [3.05, 3.63) is 156 Å². The molecule has 0 amide bonds. The minimum Gasteiger partial charge on any atom is -0.291 e. The lowest BCUT2D eigenvalue weighted by Crippen LogP contribution is -2.23. The predicted octanol–water partition coefficient (Wildman–Crippen LogP) is 5.67. The Hall–Kier alpha value is -4.26. The van der Waals surface area contributed by atoms with Crippen molar-refractivity contribution in [2.75, 3.05) is 0 Å². The Kier molecular flexibility index (Phi) is 8.91. The van der Waals surface area contributed by atoms with Crippen molar-refractivity contribution in [2.24, 2.45) is 0 Å². The van der Waals surface area contributed by atoms with Gasteiger partial charge in [-0.1, -0.05) is 24.3 Å². The van der Waals surface area contributed by atoms with E-state index < -0.39 is 0 Å². The van der Waals surface area contributed by atoms with E-state index in [4.69, 9.17) is 0 Å². The topological polar surface area (TPSA) is 58.0 Å². The maximum atomic E-state index is 4.17. The highest BCUT2D eigenvalue weighted by Gasteiger charge is 2.11. The van der Waals surface area contributed by atoms with Gasteiger partial charge in [0.05, 0.1) is 0 Å². The van der Waals surface area contributed by atoms with Gasteiger partial charge in [0, 0.05) is 88.8 Å². The molecule has 0 aliphatic rings. The quantitative estimate of drug-likeness (QED) is 0.220. The van der Waals surface area contributed by atoms with Gasteiger partial charge in [-0.2, -0.15) is 0 Å². The van der Waals surface area contributed by atoms with Crippen molar-refractivity contribution in [2.45, 2.75) is 39.3 Å². The first-order valence-corrected chi connectivity index (χ1v) is 12.9. The molecule has 190 valence electrons. The molecule has 0 aliphatic heterocycles. The summed E-state index contributed by atoms with van der Waals surface area (Å²) in [6, 6.07) is 25.7. The van der Waals surface area contributed by atoms with E-state index in [9.17, 15) is 0 Å². The molecule has 0 radical (unpaired) electrons. The van der Waals surface area contributed by atoms with Crippen LogP contribution in [0, 0.1) is 0 Å². The summed E-state index contributed by atoms with van der Waals surface area (Å²) in [6.45, 7) is 5.16. The van der Waals surface area contributed by atoms with Gasteiger partial charge >= 0.3 is 0 Å². The second kappa shape index (κ2) is 13.3. The third-order valence-corrected chi connectivity index (χ3v) is 6.46. The molecule has 6 nitrogen and oxygen atoms in total. The number of hydrogen-bond acceptors (Lipinski definition) is 6. The van der Waals surface area contributed by atoms with Gasteiger partial charge in [0.1, 0.15) is 0 Å². The van der Waals surface area contributed by atoms with Crippen molar-refractivity contribution in [3.8, 4) is 0 Å². The van der Waals surface area contributed by atoms with Gasteiger partial charge in [-0.25, -0.2) is 0 Å². The normalized spacial score (nSPS) is 11.2. The fourth-order valence-electron chi connectivity index (χ4n) is 4.59. The summed E-state index contributed by atoms with van der Waals surface area (Å²) in [4.78, 5) is 21.6. The molecular weight excluding hydrogens is 468 g/mol. The number of hydrogen-bond donors (Lipinski definition) is 0. The molecule has 4 aromatic heterocycles. The molecule has 0 fully saturated rings. The van der Waals surface area contributed by atoms with Crippen LogP contribution in [0.15, 0.2) is 122 Å². The SMILES string of the molecule is c1cc(CN(Cc2ccncc2)Cc2ccc(CN(Cc3ccncc3)Cc3ccncc3)cc2)ccn1. The van der Waals surface area contributed by atoms with E-state index in [-0.39, 0.29) is 0 Å². The van der Waals surface area contributed by atoms with E-state index in [0.29, 0.717) is 0 Å². The highest BCUT2D eigenvalue weighted by Crippen LogP contribution is 2.17. The molecule has 0 atom stereocenters. The first kappa shape index (κ1) is 25.4. The van der Waals surface area contributed by atoms with E-state index in [1.54, 1.807) is 0 Å². The molecule has 0 aliphatic carbocycles. The van der Waals surface area contributed by atoms with E-state index in [1.807, 2.05) is 49.6 Å². The lowest BCUT2D eigenvalue weighted by molar-refractivity contribution is 0.245. The highest BCUT2D eigenvalue weighted by molar-refractivity contribution is 5.24. The first-order chi connectivity index (χ1) is 18.8. The molecule has 0 spiro atoms. The summed E-state index contributed by atoms with van der Waals surface area (Å²) in [7, 11) is 0. The molecule has 0 bridgehead atoms. The van der Waals surface area contributed by atoms with Crippen LogP contribution in [-0.4, -0.2) is 29.7 Å². The van der Waals surface area contributed by atoms with Crippen molar-refractivity contribution in [1.29, 1.82) is 0 Å².